The molecule has 0 aromatic heterocycles. The Bertz CT molecular complexity index is 332. The van der Waals surface area contributed by atoms with Gasteiger partial charge in [0.05, 0.1) is 21.7 Å². The summed E-state index contributed by atoms with van der Waals surface area (Å²) in [5.74, 6) is -0.977. The number of carbonyl (C=O) groups is 1. The molecule has 0 heterocycles. The van der Waals surface area contributed by atoms with E-state index in [1.807, 2.05) is 0 Å². The number of rotatable bonds is 1. The van der Waals surface area contributed by atoms with Gasteiger partial charge in [-0.3, -0.25) is 0 Å². The van der Waals surface area contributed by atoms with Crippen LogP contribution in [0.15, 0.2) is 23.3 Å². The quantitative estimate of drug-likeness (QED) is 0.611. The summed E-state index contributed by atoms with van der Waals surface area (Å²) in [5, 5.41) is 8.69. The van der Waals surface area contributed by atoms with Crippen molar-refractivity contribution in [2.24, 2.45) is 0 Å². The van der Waals surface area contributed by atoms with Crippen LogP contribution >= 0.6 is 0 Å². The second-order valence-electron chi connectivity index (χ2n) is 2.46. The minimum atomic E-state index is -0.977. The first-order valence-corrected chi connectivity index (χ1v) is 4.17. The molecule has 0 aromatic rings. The average Bonchev–Trinajstić information content (AvgIpc) is 2.04. The van der Waals surface area contributed by atoms with Gasteiger partial charge >= 0.3 is 5.97 Å². The van der Waals surface area contributed by atoms with Crippen LogP contribution in [0.1, 0.15) is 13.3 Å². The first-order valence-electron chi connectivity index (χ1n) is 3.43. The molecule has 0 amide bonds. The fourth-order valence-corrected chi connectivity index (χ4v) is 1.44. The highest BCUT2D eigenvalue weighted by Gasteiger charge is 2.15. The molecule has 0 aliphatic heterocycles. The third-order valence-electron chi connectivity index (χ3n) is 1.74. The van der Waals surface area contributed by atoms with E-state index in [0.717, 1.165) is 0 Å². The summed E-state index contributed by atoms with van der Waals surface area (Å²) in [6.45, 7) is 1.66. The van der Waals surface area contributed by atoms with Gasteiger partial charge in [-0.05, 0) is 12.5 Å². The lowest BCUT2D eigenvalue weighted by molar-refractivity contribution is -0.132. The van der Waals surface area contributed by atoms with Crippen LogP contribution in [0.2, 0.25) is 0 Å². The van der Waals surface area contributed by atoms with Crippen LogP contribution < -0.4 is 0 Å². The number of hydrogen-bond acceptors (Lipinski definition) is 2. The average molecular weight is 184 g/mol. The van der Waals surface area contributed by atoms with Gasteiger partial charge in [0, 0.05) is 6.42 Å². The molecule has 12 heavy (non-hydrogen) atoms. The first-order chi connectivity index (χ1) is 5.66. The second-order valence-corrected chi connectivity index (χ2v) is 3.12. The monoisotopic (exact) mass is 184 g/mol. The Morgan fingerprint density at radius 3 is 2.83 bits per heavy atom. The van der Waals surface area contributed by atoms with Crippen molar-refractivity contribution in [1.82, 2.24) is 0 Å². The summed E-state index contributed by atoms with van der Waals surface area (Å²) < 4.78 is 10.5. The predicted molar refractivity (Wildman–Crippen MR) is 47.2 cm³/mol. The van der Waals surface area contributed by atoms with Crippen molar-refractivity contribution in [2.45, 2.75) is 13.3 Å². The third-order valence-corrected chi connectivity index (χ3v) is 2.42. The molecule has 0 bridgehead atoms. The SMILES string of the molecule is CC1=C(C(=O)O)C=CCC1=S=O. The first kappa shape index (κ1) is 8.93. The highest BCUT2D eigenvalue weighted by atomic mass is 32.1. The zero-order valence-electron chi connectivity index (χ0n) is 6.53. The number of allylic oxidation sites excluding steroid dienone is 2. The van der Waals surface area contributed by atoms with Crippen molar-refractivity contribution in [3.8, 4) is 0 Å². The maximum Gasteiger partial charge on any atom is 0.335 e. The van der Waals surface area contributed by atoms with E-state index in [9.17, 15) is 9.00 Å². The standard InChI is InChI=1S/C8H8O3S/c1-5-6(8(9)10)3-2-4-7(5)12-11/h2-3H,4H2,1H3,(H,9,10). The molecule has 4 heteroatoms. The van der Waals surface area contributed by atoms with E-state index in [0.29, 0.717) is 28.1 Å². The molecular formula is C8H8O3S. The zero-order chi connectivity index (χ0) is 9.14. The Hall–Kier alpha value is -1.16. The van der Waals surface area contributed by atoms with Gasteiger partial charge in [0.25, 0.3) is 0 Å². The van der Waals surface area contributed by atoms with Gasteiger partial charge in [0.1, 0.15) is 0 Å². The number of aliphatic carboxylic acids is 1. The molecule has 0 saturated heterocycles. The largest absolute Gasteiger partial charge is 0.478 e. The number of carboxylic acid groups (broad SMARTS) is 1. The van der Waals surface area contributed by atoms with Crippen molar-refractivity contribution in [3.05, 3.63) is 23.3 Å². The van der Waals surface area contributed by atoms with Crippen LogP contribution in [0.5, 0.6) is 0 Å². The molecule has 64 valence electrons. The highest BCUT2D eigenvalue weighted by molar-refractivity contribution is 7.67. The van der Waals surface area contributed by atoms with Crippen molar-refractivity contribution in [1.29, 1.82) is 0 Å². The fraction of sp³-hybridized carbons (Fsp3) is 0.250. The number of carboxylic acids is 1. The van der Waals surface area contributed by atoms with Crippen LogP contribution in [-0.4, -0.2) is 20.1 Å². The van der Waals surface area contributed by atoms with E-state index in [1.165, 1.54) is 6.08 Å². The predicted octanol–water partition coefficient (Wildman–Crippen LogP) is 0.733. The van der Waals surface area contributed by atoms with Crippen molar-refractivity contribution in [3.63, 3.8) is 0 Å². The lowest BCUT2D eigenvalue weighted by Crippen LogP contribution is -2.11. The summed E-state index contributed by atoms with van der Waals surface area (Å²) in [7, 11) is 0. The van der Waals surface area contributed by atoms with Gasteiger partial charge in [-0.2, -0.15) is 0 Å². The minimum Gasteiger partial charge on any atom is -0.478 e. The summed E-state index contributed by atoms with van der Waals surface area (Å²) in [5.41, 5.74) is 0.810. The molecule has 0 fully saturated rings. The van der Waals surface area contributed by atoms with Gasteiger partial charge in [0.15, 0.2) is 0 Å². The molecule has 1 rings (SSSR count). The summed E-state index contributed by atoms with van der Waals surface area (Å²) >= 11 is 0.369. The van der Waals surface area contributed by atoms with E-state index in [-0.39, 0.29) is 5.57 Å². The maximum atomic E-state index is 10.6. The molecule has 0 aromatic carbocycles. The van der Waals surface area contributed by atoms with Crippen LogP contribution in [0.3, 0.4) is 0 Å². The second kappa shape index (κ2) is 3.49. The summed E-state index contributed by atoms with van der Waals surface area (Å²) in [6.07, 6.45) is 3.78. The van der Waals surface area contributed by atoms with Gasteiger partial charge in [-0.25, -0.2) is 9.00 Å². The molecule has 0 unspecified atom stereocenters. The summed E-state index contributed by atoms with van der Waals surface area (Å²) in [4.78, 5) is 11.2. The van der Waals surface area contributed by atoms with E-state index in [1.54, 1.807) is 13.0 Å². The van der Waals surface area contributed by atoms with Gasteiger partial charge < -0.3 is 5.11 Å². The lowest BCUT2D eigenvalue weighted by atomic mass is 9.99. The number of hydrogen-bond donors (Lipinski definition) is 1. The zero-order valence-corrected chi connectivity index (χ0v) is 7.35. The Balaban J connectivity index is 3.20. The van der Waals surface area contributed by atoms with Gasteiger partial charge in [-0.1, -0.05) is 12.2 Å². The molecule has 0 atom stereocenters. The van der Waals surface area contributed by atoms with E-state index in [2.05, 4.69) is 0 Å². The highest BCUT2D eigenvalue weighted by Crippen LogP contribution is 2.15. The Kier molecular flexibility index (Phi) is 2.60. The Morgan fingerprint density at radius 1 is 1.67 bits per heavy atom. The van der Waals surface area contributed by atoms with Crippen LogP contribution in [0.4, 0.5) is 0 Å². The molecule has 0 radical (unpaired) electrons. The van der Waals surface area contributed by atoms with Crippen LogP contribution in [0, 0.1) is 0 Å². The third kappa shape index (κ3) is 1.53. The van der Waals surface area contributed by atoms with Crippen molar-refractivity contribution >= 4 is 22.1 Å². The van der Waals surface area contributed by atoms with E-state index < -0.39 is 5.97 Å². The van der Waals surface area contributed by atoms with Crippen molar-refractivity contribution in [2.75, 3.05) is 0 Å². The molecule has 0 saturated carbocycles. The lowest BCUT2D eigenvalue weighted by Gasteiger charge is -2.08. The van der Waals surface area contributed by atoms with Crippen LogP contribution in [-0.2, 0) is 16.1 Å². The topological polar surface area (TPSA) is 54.4 Å². The molecule has 1 aliphatic rings. The van der Waals surface area contributed by atoms with E-state index in [4.69, 9.17) is 5.11 Å². The Labute approximate surface area is 73.5 Å². The molecule has 0 spiro atoms. The smallest absolute Gasteiger partial charge is 0.335 e. The molecule has 1 aliphatic carbocycles. The fourth-order valence-electron chi connectivity index (χ4n) is 1.04. The van der Waals surface area contributed by atoms with Crippen LogP contribution in [0.25, 0.3) is 0 Å². The molecule has 3 nitrogen and oxygen atoms in total. The maximum absolute atomic E-state index is 10.6. The van der Waals surface area contributed by atoms with Crippen molar-refractivity contribution < 1.29 is 14.1 Å². The normalized spacial score (nSPS) is 16.6. The molecular weight excluding hydrogens is 176 g/mol. The molecule has 1 N–H and O–H groups in total. The Morgan fingerprint density at radius 2 is 2.33 bits per heavy atom. The van der Waals surface area contributed by atoms with Gasteiger partial charge in [-0.15, -0.1) is 0 Å². The van der Waals surface area contributed by atoms with Gasteiger partial charge in [0.2, 0.25) is 0 Å². The minimum absolute atomic E-state index is 0.222. The van der Waals surface area contributed by atoms with E-state index >= 15 is 0 Å². The summed E-state index contributed by atoms with van der Waals surface area (Å²) in [6, 6.07) is 0.